The van der Waals surface area contributed by atoms with E-state index in [1.165, 1.54) is 11.3 Å². The van der Waals surface area contributed by atoms with Crippen LogP contribution in [0.3, 0.4) is 0 Å². The first-order valence-electron chi connectivity index (χ1n) is 10.0. The third-order valence-corrected chi connectivity index (χ3v) is 5.50. The highest BCUT2D eigenvalue weighted by Gasteiger charge is 2.19. The minimum absolute atomic E-state index is 0.0177. The lowest BCUT2D eigenvalue weighted by molar-refractivity contribution is 0.0951. The number of carbonyl (C=O) groups is 1. The van der Waals surface area contributed by atoms with Crippen LogP contribution in [-0.2, 0) is 0 Å². The van der Waals surface area contributed by atoms with Crippen molar-refractivity contribution >= 4 is 11.6 Å². The number of piperazine rings is 1. The molecule has 0 unspecified atom stereocenters. The van der Waals surface area contributed by atoms with Crippen LogP contribution in [0.5, 0.6) is 5.75 Å². The number of para-hydroxylation sites is 2. The van der Waals surface area contributed by atoms with Crippen LogP contribution in [0.1, 0.15) is 27.9 Å². The summed E-state index contributed by atoms with van der Waals surface area (Å²) >= 11 is 0. The summed E-state index contributed by atoms with van der Waals surface area (Å²) in [6.07, 6.45) is 0.964. The standard InChI is InChI=1S/C23H31N3O2/c1-18-9-10-20(17-19(18)2)23(27)24-11-6-12-25-13-15-26(16-14-25)21-7-4-5-8-22(21)28-3/h4-5,7-10,17H,6,11-16H2,1-3H3,(H,24,27). The molecule has 0 saturated carbocycles. The van der Waals surface area contributed by atoms with Gasteiger partial charge in [-0.2, -0.15) is 0 Å². The molecule has 28 heavy (non-hydrogen) atoms. The van der Waals surface area contributed by atoms with Crippen LogP contribution in [0.2, 0.25) is 0 Å². The summed E-state index contributed by atoms with van der Waals surface area (Å²) in [6, 6.07) is 14.1. The Morgan fingerprint density at radius 1 is 1.04 bits per heavy atom. The molecule has 2 aromatic rings. The Balaban J connectivity index is 1.39. The number of nitrogens with zero attached hydrogens (tertiary/aromatic N) is 2. The van der Waals surface area contributed by atoms with E-state index in [1.54, 1.807) is 7.11 Å². The highest BCUT2D eigenvalue weighted by molar-refractivity contribution is 5.94. The summed E-state index contributed by atoms with van der Waals surface area (Å²) in [4.78, 5) is 17.1. The van der Waals surface area contributed by atoms with E-state index >= 15 is 0 Å². The van der Waals surface area contributed by atoms with Gasteiger partial charge in [-0.25, -0.2) is 0 Å². The van der Waals surface area contributed by atoms with Crippen LogP contribution in [0, 0.1) is 13.8 Å². The fourth-order valence-electron chi connectivity index (χ4n) is 3.59. The molecule has 1 aliphatic rings. The first kappa shape index (κ1) is 20.2. The second-order valence-corrected chi connectivity index (χ2v) is 7.41. The molecule has 0 spiro atoms. The van der Waals surface area contributed by atoms with Crippen molar-refractivity contribution in [3.63, 3.8) is 0 Å². The molecule has 0 atom stereocenters. The van der Waals surface area contributed by atoms with Crippen LogP contribution in [0.15, 0.2) is 42.5 Å². The maximum absolute atomic E-state index is 12.3. The Labute approximate surface area is 168 Å². The van der Waals surface area contributed by atoms with Gasteiger partial charge in [0.15, 0.2) is 0 Å². The zero-order valence-corrected chi connectivity index (χ0v) is 17.2. The second-order valence-electron chi connectivity index (χ2n) is 7.41. The van der Waals surface area contributed by atoms with Gasteiger partial charge in [0.1, 0.15) is 5.75 Å². The fraction of sp³-hybridized carbons (Fsp3) is 0.435. The van der Waals surface area contributed by atoms with E-state index in [-0.39, 0.29) is 5.91 Å². The van der Waals surface area contributed by atoms with Crippen LogP contribution in [0.25, 0.3) is 0 Å². The molecule has 0 aromatic heterocycles. The zero-order chi connectivity index (χ0) is 19.9. The highest BCUT2D eigenvalue weighted by atomic mass is 16.5. The van der Waals surface area contributed by atoms with E-state index in [1.807, 2.05) is 37.3 Å². The summed E-state index contributed by atoms with van der Waals surface area (Å²) in [5.74, 6) is 0.953. The molecular weight excluding hydrogens is 350 g/mol. The average Bonchev–Trinajstić information content (AvgIpc) is 2.73. The minimum atomic E-state index is 0.0177. The molecule has 1 aliphatic heterocycles. The number of benzene rings is 2. The Kier molecular flexibility index (Phi) is 6.93. The number of rotatable bonds is 7. The maximum atomic E-state index is 12.3. The lowest BCUT2D eigenvalue weighted by Crippen LogP contribution is -2.47. The van der Waals surface area contributed by atoms with Gasteiger partial charge in [0, 0.05) is 38.3 Å². The van der Waals surface area contributed by atoms with E-state index in [9.17, 15) is 4.79 Å². The number of anilines is 1. The zero-order valence-electron chi connectivity index (χ0n) is 17.2. The number of hydrogen-bond acceptors (Lipinski definition) is 4. The summed E-state index contributed by atoms with van der Waals surface area (Å²) < 4.78 is 5.48. The molecule has 0 aliphatic carbocycles. The van der Waals surface area contributed by atoms with Crippen molar-refractivity contribution in [1.82, 2.24) is 10.2 Å². The van der Waals surface area contributed by atoms with Crippen LogP contribution in [0.4, 0.5) is 5.69 Å². The van der Waals surface area contributed by atoms with E-state index < -0.39 is 0 Å². The van der Waals surface area contributed by atoms with Gasteiger partial charge in [-0.05, 0) is 62.2 Å². The molecular formula is C23H31N3O2. The second kappa shape index (κ2) is 9.60. The van der Waals surface area contributed by atoms with Crippen LogP contribution in [-0.4, -0.2) is 57.2 Å². The summed E-state index contributed by atoms with van der Waals surface area (Å²) in [5.41, 5.74) is 4.28. The molecule has 1 amide bonds. The molecule has 1 fully saturated rings. The summed E-state index contributed by atoms with van der Waals surface area (Å²) in [6.45, 7) is 9.87. The van der Waals surface area contributed by atoms with Gasteiger partial charge in [0.25, 0.3) is 5.91 Å². The lowest BCUT2D eigenvalue weighted by atomic mass is 10.1. The van der Waals surface area contributed by atoms with Gasteiger partial charge in [0.05, 0.1) is 12.8 Å². The predicted molar refractivity (Wildman–Crippen MR) is 115 cm³/mol. The van der Waals surface area contributed by atoms with Crippen molar-refractivity contribution in [2.45, 2.75) is 20.3 Å². The van der Waals surface area contributed by atoms with Gasteiger partial charge < -0.3 is 15.0 Å². The Bertz CT molecular complexity index is 798. The molecule has 150 valence electrons. The number of aryl methyl sites for hydroxylation is 2. The van der Waals surface area contributed by atoms with Crippen molar-refractivity contribution < 1.29 is 9.53 Å². The quantitative estimate of drug-likeness (QED) is 0.748. The van der Waals surface area contributed by atoms with Crippen LogP contribution >= 0.6 is 0 Å². The number of methoxy groups -OCH3 is 1. The van der Waals surface area contributed by atoms with Crippen molar-refractivity contribution in [2.24, 2.45) is 0 Å². The summed E-state index contributed by atoms with van der Waals surface area (Å²) in [7, 11) is 1.72. The van der Waals surface area contributed by atoms with Crippen LogP contribution < -0.4 is 15.0 Å². The summed E-state index contributed by atoms with van der Waals surface area (Å²) in [5, 5.41) is 3.04. The number of nitrogens with one attached hydrogen (secondary N) is 1. The van der Waals surface area contributed by atoms with Crippen molar-refractivity contribution in [1.29, 1.82) is 0 Å². The third-order valence-electron chi connectivity index (χ3n) is 5.50. The number of amides is 1. The van der Waals surface area contributed by atoms with Gasteiger partial charge in [-0.3, -0.25) is 9.69 Å². The van der Waals surface area contributed by atoms with E-state index in [4.69, 9.17) is 4.74 Å². The van der Waals surface area contributed by atoms with E-state index in [2.05, 4.69) is 34.2 Å². The predicted octanol–water partition coefficient (Wildman–Crippen LogP) is 3.25. The van der Waals surface area contributed by atoms with E-state index in [0.29, 0.717) is 6.54 Å². The first-order chi connectivity index (χ1) is 13.6. The molecule has 5 nitrogen and oxygen atoms in total. The maximum Gasteiger partial charge on any atom is 0.251 e. The Morgan fingerprint density at radius 2 is 1.79 bits per heavy atom. The Morgan fingerprint density at radius 3 is 2.50 bits per heavy atom. The minimum Gasteiger partial charge on any atom is -0.495 e. The molecule has 0 radical (unpaired) electrons. The normalized spacial score (nSPS) is 14.8. The molecule has 1 heterocycles. The Hall–Kier alpha value is -2.53. The van der Waals surface area contributed by atoms with Crippen molar-refractivity contribution in [2.75, 3.05) is 51.3 Å². The molecule has 2 aromatic carbocycles. The first-order valence-corrected chi connectivity index (χ1v) is 10.0. The van der Waals surface area contributed by atoms with Gasteiger partial charge in [-0.15, -0.1) is 0 Å². The largest absolute Gasteiger partial charge is 0.495 e. The molecule has 1 N–H and O–H groups in total. The third kappa shape index (κ3) is 5.04. The van der Waals surface area contributed by atoms with Gasteiger partial charge in [0.2, 0.25) is 0 Å². The number of ether oxygens (including phenoxy) is 1. The lowest BCUT2D eigenvalue weighted by Gasteiger charge is -2.36. The van der Waals surface area contributed by atoms with Crippen molar-refractivity contribution in [3.05, 3.63) is 59.2 Å². The van der Waals surface area contributed by atoms with E-state index in [0.717, 1.165) is 56.0 Å². The SMILES string of the molecule is COc1ccccc1N1CCN(CCCNC(=O)c2ccc(C)c(C)c2)CC1. The number of hydrogen-bond donors (Lipinski definition) is 1. The van der Waals surface area contributed by atoms with Gasteiger partial charge >= 0.3 is 0 Å². The fourth-order valence-corrected chi connectivity index (χ4v) is 3.59. The monoisotopic (exact) mass is 381 g/mol. The highest BCUT2D eigenvalue weighted by Crippen LogP contribution is 2.28. The smallest absolute Gasteiger partial charge is 0.251 e. The molecule has 5 heteroatoms. The number of carbonyl (C=O) groups excluding carboxylic acids is 1. The molecule has 1 saturated heterocycles. The van der Waals surface area contributed by atoms with Crippen molar-refractivity contribution in [3.8, 4) is 5.75 Å². The van der Waals surface area contributed by atoms with Gasteiger partial charge in [-0.1, -0.05) is 18.2 Å². The molecule has 0 bridgehead atoms. The molecule has 3 rings (SSSR count). The topological polar surface area (TPSA) is 44.8 Å². The average molecular weight is 382 g/mol.